The first-order chi connectivity index (χ1) is 32.3. The average Bonchev–Trinajstić information content (AvgIpc) is 4.25. The van der Waals surface area contributed by atoms with E-state index in [4.69, 9.17) is 9.47 Å². The zero-order valence-electron chi connectivity index (χ0n) is 36.7. The molecule has 10 rings (SSSR count). The van der Waals surface area contributed by atoms with Crippen LogP contribution >= 0.6 is 0 Å². The summed E-state index contributed by atoms with van der Waals surface area (Å²) in [4.78, 5) is 72.4. The maximum atomic E-state index is 13.3. The van der Waals surface area contributed by atoms with E-state index in [9.17, 15) is 45.5 Å². The summed E-state index contributed by atoms with van der Waals surface area (Å²) in [6.07, 6.45) is -2.74. The summed E-state index contributed by atoms with van der Waals surface area (Å²) in [5.41, 5.74) is -0.170. The van der Waals surface area contributed by atoms with Crippen molar-refractivity contribution in [1.82, 2.24) is 30.6 Å². The molecule has 0 radical (unpaired) electrons. The molecule has 4 aliphatic heterocycles. The van der Waals surface area contributed by atoms with Gasteiger partial charge in [0.15, 0.2) is 23.3 Å². The van der Waals surface area contributed by atoms with E-state index < -0.39 is 48.3 Å². The third-order valence-corrected chi connectivity index (χ3v) is 12.2. The number of anilines is 6. The van der Waals surface area contributed by atoms with Crippen LogP contribution in [0, 0.1) is 0 Å². The van der Waals surface area contributed by atoms with Gasteiger partial charge in [-0.2, -0.15) is 26.3 Å². The first-order valence-corrected chi connectivity index (χ1v) is 21.9. The summed E-state index contributed by atoms with van der Waals surface area (Å²) in [6, 6.07) is 13.6. The number of alkyl halides is 6. The van der Waals surface area contributed by atoms with Crippen LogP contribution in [0.25, 0.3) is 22.8 Å². The molecule has 68 heavy (non-hydrogen) atoms. The van der Waals surface area contributed by atoms with Crippen molar-refractivity contribution in [1.29, 1.82) is 0 Å². The number of urea groups is 2. The van der Waals surface area contributed by atoms with E-state index in [0.717, 1.165) is 25.7 Å². The minimum Gasteiger partial charge on any atom is -0.377 e. The van der Waals surface area contributed by atoms with E-state index in [0.29, 0.717) is 70.3 Å². The lowest BCUT2D eigenvalue weighted by Gasteiger charge is -2.50. The first-order valence-electron chi connectivity index (χ1n) is 21.9. The van der Waals surface area contributed by atoms with Crippen molar-refractivity contribution in [2.24, 2.45) is 0 Å². The Labute approximate surface area is 384 Å². The molecule has 0 unspecified atom stereocenters. The molecule has 360 valence electrons. The van der Waals surface area contributed by atoms with Crippen LogP contribution in [0.4, 0.5) is 70.3 Å². The number of amides is 6. The molecular weight excluding hydrogens is 907 g/mol. The number of nitrogens with zero attached hydrogens (tertiary/aromatic N) is 8. The molecule has 4 N–H and O–H groups in total. The van der Waals surface area contributed by atoms with Crippen LogP contribution in [0.3, 0.4) is 0 Å². The van der Waals surface area contributed by atoms with E-state index >= 15 is 0 Å². The van der Waals surface area contributed by atoms with Gasteiger partial charge in [-0.1, -0.05) is 0 Å². The lowest BCUT2D eigenvalue weighted by atomic mass is 9.94. The zero-order chi connectivity index (χ0) is 48.2. The molecule has 2 aromatic heterocycles. The molecule has 2 atom stereocenters. The van der Waals surface area contributed by atoms with E-state index in [1.165, 1.54) is 12.4 Å². The highest BCUT2D eigenvalue weighted by Crippen LogP contribution is 2.44. The van der Waals surface area contributed by atoms with Gasteiger partial charge < -0.3 is 40.5 Å². The summed E-state index contributed by atoms with van der Waals surface area (Å²) in [7, 11) is 0. The monoisotopic (exact) mass is 952 g/mol. The van der Waals surface area contributed by atoms with Crippen molar-refractivity contribution in [3.8, 4) is 22.8 Å². The van der Waals surface area contributed by atoms with Gasteiger partial charge in [0, 0.05) is 47.7 Å². The largest absolute Gasteiger partial charge is 0.406 e. The van der Waals surface area contributed by atoms with Gasteiger partial charge in [0.25, 0.3) is 11.8 Å². The molecule has 6 aliphatic rings. The van der Waals surface area contributed by atoms with Crippen molar-refractivity contribution >= 4 is 58.3 Å². The van der Waals surface area contributed by atoms with Crippen molar-refractivity contribution in [2.45, 2.75) is 75.0 Å². The van der Waals surface area contributed by atoms with Crippen LogP contribution < -0.4 is 40.9 Å². The van der Waals surface area contributed by atoms with Gasteiger partial charge in [-0.25, -0.2) is 29.5 Å². The Morgan fingerprint density at radius 1 is 0.632 bits per heavy atom. The Morgan fingerprint density at radius 2 is 1.00 bits per heavy atom. The topological polar surface area (TPSA) is 199 Å². The lowest BCUT2D eigenvalue weighted by Crippen LogP contribution is -2.68. The number of rotatable bonds is 8. The predicted octanol–water partition coefficient (Wildman–Crippen LogP) is 5.86. The fourth-order valence-corrected chi connectivity index (χ4v) is 8.36. The van der Waals surface area contributed by atoms with Crippen molar-refractivity contribution in [3.63, 3.8) is 0 Å². The highest BCUT2D eigenvalue weighted by molar-refractivity contribution is 6.09. The number of aromatic nitrogens is 4. The molecule has 6 heterocycles. The van der Waals surface area contributed by atoms with E-state index in [2.05, 4.69) is 41.2 Å². The number of fused-ring (bicyclic) bond motifs is 6. The number of carbonyl (C=O) groups is 4. The highest BCUT2D eigenvalue weighted by atomic mass is 19.4. The Kier molecular flexibility index (Phi) is 12.0. The van der Waals surface area contributed by atoms with Gasteiger partial charge in [0.1, 0.15) is 35.5 Å². The summed E-state index contributed by atoms with van der Waals surface area (Å²) < 4.78 is 90.6. The van der Waals surface area contributed by atoms with E-state index in [1.807, 2.05) is 0 Å². The standard InChI is InChI=1S/2C22H23F3N6O3/c2*1-21-12-34-9-8-31(21)18-16(30(19(21)32)11-22(23,24)25)10-26-17(29-18)13-2-4-14(5-3-13)27-20(33)28-15-6-7-15/h2*2-5,10,15H,6-9,11-12H2,1H3,(H2,27,28,33)/t2*21-/m10/s1. The third kappa shape index (κ3) is 9.77. The SMILES string of the molecule is C[C@@]12COCCN1c1nc(-c3ccc(NC(=O)NC4CC4)cc3)ncc1N(CC(F)(F)F)C2=O.C[C@]12COCCN1c1nc(-c3ccc(NC(=O)NC4CC4)cc3)ncc1N(CC(F)(F)F)C2=O. The molecule has 4 fully saturated rings. The minimum absolute atomic E-state index is 0.0143. The normalized spacial score (nSPS) is 22.2. The molecule has 0 spiro atoms. The Bertz CT molecular complexity index is 2420. The van der Waals surface area contributed by atoms with Crippen LogP contribution in [0.5, 0.6) is 0 Å². The van der Waals surface area contributed by atoms with Crippen LogP contribution in [-0.4, -0.2) is 132 Å². The van der Waals surface area contributed by atoms with E-state index in [-0.39, 0.29) is 60.4 Å². The van der Waals surface area contributed by atoms with Gasteiger partial charge in [0.2, 0.25) is 0 Å². The number of morpholine rings is 2. The average molecular weight is 953 g/mol. The number of hydrogen-bond acceptors (Lipinski definition) is 12. The maximum absolute atomic E-state index is 13.3. The Morgan fingerprint density at radius 3 is 1.34 bits per heavy atom. The van der Waals surface area contributed by atoms with Crippen molar-refractivity contribution < 1.29 is 55.0 Å². The molecule has 4 aromatic rings. The lowest BCUT2D eigenvalue weighted by molar-refractivity contribution is -0.138. The molecule has 2 saturated carbocycles. The zero-order valence-corrected chi connectivity index (χ0v) is 36.7. The van der Waals surface area contributed by atoms with Gasteiger partial charge in [-0.3, -0.25) is 19.4 Å². The molecule has 18 nitrogen and oxygen atoms in total. The predicted molar refractivity (Wildman–Crippen MR) is 235 cm³/mol. The summed E-state index contributed by atoms with van der Waals surface area (Å²) in [5, 5.41) is 11.2. The van der Waals surface area contributed by atoms with Crippen LogP contribution in [0.15, 0.2) is 60.9 Å². The number of ether oxygens (including phenoxy) is 2. The van der Waals surface area contributed by atoms with Crippen LogP contribution in [0.1, 0.15) is 39.5 Å². The number of halogens is 6. The third-order valence-electron chi connectivity index (χ3n) is 12.2. The highest BCUT2D eigenvalue weighted by Gasteiger charge is 2.54. The first kappa shape index (κ1) is 46.3. The van der Waals surface area contributed by atoms with Crippen molar-refractivity contribution in [3.05, 3.63) is 60.9 Å². The molecule has 0 bridgehead atoms. The molecule has 2 aromatic carbocycles. The Hall–Kier alpha value is -6.82. The summed E-state index contributed by atoms with van der Waals surface area (Å²) >= 11 is 0. The number of nitrogens with one attached hydrogen (secondary N) is 4. The van der Waals surface area contributed by atoms with E-state index in [1.54, 1.807) is 72.2 Å². The van der Waals surface area contributed by atoms with Gasteiger partial charge in [0.05, 0.1) is 38.8 Å². The number of hydrogen-bond donors (Lipinski definition) is 4. The Balaban J connectivity index is 0.000000170. The molecular formula is C44H46F6N12O6. The smallest absolute Gasteiger partial charge is 0.377 e. The van der Waals surface area contributed by atoms with Gasteiger partial charge in [-0.05, 0) is 88.1 Å². The summed E-state index contributed by atoms with van der Waals surface area (Å²) in [6.45, 7) is 1.45. The van der Waals surface area contributed by atoms with Crippen molar-refractivity contribution in [2.75, 3.05) is 82.8 Å². The summed E-state index contributed by atoms with van der Waals surface area (Å²) in [5.74, 6) is -0.302. The fourth-order valence-electron chi connectivity index (χ4n) is 8.36. The molecule has 2 saturated heterocycles. The minimum atomic E-state index is -4.59. The molecule has 6 amide bonds. The number of benzene rings is 2. The van der Waals surface area contributed by atoms with Crippen LogP contribution in [-0.2, 0) is 19.1 Å². The molecule has 2 aliphatic carbocycles. The fraction of sp³-hybridized carbons (Fsp3) is 0.455. The second kappa shape index (κ2) is 17.7. The second-order valence-electron chi connectivity index (χ2n) is 17.7. The molecule has 24 heteroatoms. The maximum Gasteiger partial charge on any atom is 0.406 e. The number of carbonyl (C=O) groups excluding carboxylic acids is 4. The second-order valence-corrected chi connectivity index (χ2v) is 17.7. The van der Waals surface area contributed by atoms with Gasteiger partial charge in [-0.15, -0.1) is 0 Å². The van der Waals surface area contributed by atoms with Gasteiger partial charge >= 0.3 is 24.4 Å². The van der Waals surface area contributed by atoms with Crippen LogP contribution in [0.2, 0.25) is 0 Å². The quantitative estimate of drug-likeness (QED) is 0.154.